The molecular formula is C16H22O3S. The predicted octanol–water partition coefficient (Wildman–Crippen LogP) is 3.34. The lowest BCUT2D eigenvalue weighted by atomic mass is 9.80. The molecule has 2 aliphatic heterocycles. The minimum Gasteiger partial charge on any atom is -0.497 e. The van der Waals surface area contributed by atoms with E-state index in [-0.39, 0.29) is 0 Å². The maximum absolute atomic E-state index is 11.2. The van der Waals surface area contributed by atoms with Crippen LogP contribution in [0.4, 0.5) is 0 Å². The lowest BCUT2D eigenvalue weighted by molar-refractivity contribution is 0.00591. The van der Waals surface area contributed by atoms with Gasteiger partial charge in [0.1, 0.15) is 11.5 Å². The molecule has 110 valence electrons. The number of fused-ring (bicyclic) bond motifs is 2. The van der Waals surface area contributed by atoms with Gasteiger partial charge in [0, 0.05) is 16.1 Å². The summed E-state index contributed by atoms with van der Waals surface area (Å²) in [7, 11) is 3.31. The number of thioether (sulfide) groups is 1. The van der Waals surface area contributed by atoms with Crippen molar-refractivity contribution in [3.05, 3.63) is 23.8 Å². The van der Waals surface area contributed by atoms with Crippen molar-refractivity contribution in [2.75, 3.05) is 14.2 Å². The monoisotopic (exact) mass is 294 g/mol. The zero-order valence-electron chi connectivity index (χ0n) is 12.1. The van der Waals surface area contributed by atoms with Crippen LogP contribution in [0.2, 0.25) is 0 Å². The molecule has 2 atom stereocenters. The Hall–Kier alpha value is -0.870. The summed E-state index contributed by atoms with van der Waals surface area (Å²) >= 11 is 2.06. The van der Waals surface area contributed by atoms with Gasteiger partial charge in [0.2, 0.25) is 0 Å². The zero-order valence-corrected chi connectivity index (χ0v) is 12.9. The summed E-state index contributed by atoms with van der Waals surface area (Å²) in [4.78, 5) is 0. The van der Waals surface area contributed by atoms with Crippen molar-refractivity contribution in [3.8, 4) is 11.5 Å². The third-order valence-electron chi connectivity index (χ3n) is 4.48. The topological polar surface area (TPSA) is 38.7 Å². The molecule has 2 heterocycles. The van der Waals surface area contributed by atoms with Gasteiger partial charge in [0.05, 0.1) is 19.8 Å². The number of aliphatic hydroxyl groups is 1. The minimum absolute atomic E-state index is 0.573. The molecule has 0 aromatic heterocycles. The first-order valence-corrected chi connectivity index (χ1v) is 8.19. The molecule has 2 fully saturated rings. The molecule has 1 N–H and O–H groups in total. The number of rotatable bonds is 3. The van der Waals surface area contributed by atoms with Crippen molar-refractivity contribution in [3.63, 3.8) is 0 Å². The van der Waals surface area contributed by atoms with Gasteiger partial charge in [0.15, 0.2) is 0 Å². The van der Waals surface area contributed by atoms with E-state index in [1.54, 1.807) is 14.2 Å². The maximum atomic E-state index is 11.2. The third kappa shape index (κ3) is 2.51. The second kappa shape index (κ2) is 5.49. The lowest BCUT2D eigenvalue weighted by Gasteiger charge is -2.44. The highest BCUT2D eigenvalue weighted by Gasteiger charge is 2.44. The van der Waals surface area contributed by atoms with E-state index < -0.39 is 5.60 Å². The first-order valence-electron chi connectivity index (χ1n) is 7.25. The summed E-state index contributed by atoms with van der Waals surface area (Å²) in [6.45, 7) is 0. The van der Waals surface area contributed by atoms with E-state index in [0.29, 0.717) is 10.5 Å². The van der Waals surface area contributed by atoms with E-state index in [0.717, 1.165) is 29.9 Å². The smallest absolute Gasteiger partial charge is 0.125 e. The van der Waals surface area contributed by atoms with Gasteiger partial charge in [-0.25, -0.2) is 0 Å². The van der Waals surface area contributed by atoms with E-state index in [9.17, 15) is 5.11 Å². The largest absolute Gasteiger partial charge is 0.497 e. The molecule has 2 aliphatic rings. The van der Waals surface area contributed by atoms with Gasteiger partial charge < -0.3 is 14.6 Å². The van der Waals surface area contributed by atoms with Crippen molar-refractivity contribution < 1.29 is 14.6 Å². The Morgan fingerprint density at radius 1 is 1.15 bits per heavy atom. The Kier molecular flexibility index (Phi) is 3.87. The van der Waals surface area contributed by atoms with Crippen LogP contribution >= 0.6 is 11.8 Å². The summed E-state index contributed by atoms with van der Waals surface area (Å²) in [5.74, 6) is 1.54. The molecule has 20 heavy (non-hydrogen) atoms. The molecule has 3 rings (SSSR count). The molecule has 2 bridgehead atoms. The fraction of sp³-hybridized carbons (Fsp3) is 0.625. The van der Waals surface area contributed by atoms with Crippen LogP contribution in [0.25, 0.3) is 0 Å². The third-order valence-corrected chi connectivity index (χ3v) is 6.05. The Balaban J connectivity index is 1.97. The highest BCUT2D eigenvalue weighted by atomic mass is 32.2. The molecule has 0 radical (unpaired) electrons. The number of hydrogen-bond acceptors (Lipinski definition) is 4. The Morgan fingerprint density at radius 3 is 2.45 bits per heavy atom. The molecule has 0 spiro atoms. The minimum atomic E-state index is -0.777. The van der Waals surface area contributed by atoms with Crippen LogP contribution in [0.1, 0.15) is 37.7 Å². The summed E-state index contributed by atoms with van der Waals surface area (Å²) < 4.78 is 10.8. The molecule has 1 aromatic rings. The Morgan fingerprint density at radius 2 is 1.85 bits per heavy atom. The van der Waals surface area contributed by atoms with Crippen LogP contribution < -0.4 is 9.47 Å². The van der Waals surface area contributed by atoms with Crippen molar-refractivity contribution in [1.82, 2.24) is 0 Å². The van der Waals surface area contributed by atoms with E-state index in [1.807, 2.05) is 18.2 Å². The van der Waals surface area contributed by atoms with Crippen LogP contribution in [0, 0.1) is 0 Å². The summed E-state index contributed by atoms with van der Waals surface area (Å²) in [6, 6.07) is 5.71. The van der Waals surface area contributed by atoms with Crippen LogP contribution in [-0.2, 0) is 5.60 Å². The highest BCUT2D eigenvalue weighted by molar-refractivity contribution is 8.00. The van der Waals surface area contributed by atoms with Gasteiger partial charge in [-0.05, 0) is 43.9 Å². The molecule has 4 heteroatoms. The number of hydrogen-bond donors (Lipinski definition) is 1. The number of benzene rings is 1. The van der Waals surface area contributed by atoms with Gasteiger partial charge in [0.25, 0.3) is 0 Å². The Labute approximate surface area is 124 Å². The van der Waals surface area contributed by atoms with Crippen LogP contribution in [0.3, 0.4) is 0 Å². The average Bonchev–Trinajstić information content (AvgIpc) is 2.46. The predicted molar refractivity (Wildman–Crippen MR) is 81.7 cm³/mol. The summed E-state index contributed by atoms with van der Waals surface area (Å²) in [5.41, 5.74) is 0.109. The van der Waals surface area contributed by atoms with E-state index in [1.165, 1.54) is 19.3 Å². The van der Waals surface area contributed by atoms with Crippen LogP contribution in [0.5, 0.6) is 11.5 Å². The van der Waals surface area contributed by atoms with Crippen molar-refractivity contribution in [2.24, 2.45) is 0 Å². The van der Waals surface area contributed by atoms with Gasteiger partial charge >= 0.3 is 0 Å². The molecular weight excluding hydrogens is 272 g/mol. The van der Waals surface area contributed by atoms with Gasteiger partial charge in [-0.3, -0.25) is 0 Å². The van der Waals surface area contributed by atoms with Gasteiger partial charge in [-0.15, -0.1) is 0 Å². The van der Waals surface area contributed by atoms with E-state index in [4.69, 9.17) is 9.47 Å². The fourth-order valence-corrected chi connectivity index (χ4v) is 5.41. The second-order valence-corrected chi connectivity index (χ2v) is 7.42. The molecule has 1 aromatic carbocycles. The maximum Gasteiger partial charge on any atom is 0.125 e. The summed E-state index contributed by atoms with van der Waals surface area (Å²) in [5, 5.41) is 12.4. The van der Waals surface area contributed by atoms with E-state index >= 15 is 0 Å². The molecule has 0 saturated carbocycles. The molecule has 2 unspecified atom stereocenters. The number of methoxy groups -OCH3 is 2. The van der Waals surface area contributed by atoms with Crippen LogP contribution in [-0.4, -0.2) is 29.8 Å². The SMILES string of the molecule is COc1ccc(OC)c(C2(O)CC3CCCC(C2)S3)c1. The van der Waals surface area contributed by atoms with Gasteiger partial charge in [-0.2, -0.15) is 11.8 Å². The average molecular weight is 294 g/mol. The molecule has 2 saturated heterocycles. The quantitative estimate of drug-likeness (QED) is 0.928. The Bertz CT molecular complexity index is 477. The normalized spacial score (nSPS) is 32.8. The number of ether oxygens (including phenoxy) is 2. The standard InChI is InChI=1S/C16H22O3S/c1-18-11-6-7-15(19-2)14(8-11)16(17)9-12-4-3-5-13(10-16)20-12/h6-8,12-13,17H,3-5,9-10H2,1-2H3. The van der Waals surface area contributed by atoms with Gasteiger partial charge in [-0.1, -0.05) is 6.42 Å². The fourth-order valence-electron chi connectivity index (χ4n) is 3.52. The van der Waals surface area contributed by atoms with Crippen molar-refractivity contribution in [2.45, 2.75) is 48.2 Å². The highest BCUT2D eigenvalue weighted by Crippen LogP contribution is 2.51. The van der Waals surface area contributed by atoms with Crippen molar-refractivity contribution >= 4 is 11.8 Å². The lowest BCUT2D eigenvalue weighted by Crippen LogP contribution is -2.40. The second-order valence-electron chi connectivity index (χ2n) is 5.82. The van der Waals surface area contributed by atoms with Crippen LogP contribution in [0.15, 0.2) is 18.2 Å². The van der Waals surface area contributed by atoms with E-state index in [2.05, 4.69) is 11.8 Å². The molecule has 0 amide bonds. The zero-order chi connectivity index (χ0) is 14.2. The molecule has 3 nitrogen and oxygen atoms in total. The first-order chi connectivity index (χ1) is 9.64. The first kappa shape index (κ1) is 14.1. The van der Waals surface area contributed by atoms with Crippen molar-refractivity contribution in [1.29, 1.82) is 0 Å². The summed E-state index contributed by atoms with van der Waals surface area (Å²) in [6.07, 6.45) is 5.37. The molecule has 0 aliphatic carbocycles.